The molecule has 72 valence electrons. The minimum atomic E-state index is -1.01. The van der Waals surface area contributed by atoms with Crippen molar-refractivity contribution < 1.29 is 9.47 Å². The second kappa shape index (κ2) is 3.40. The third-order valence-corrected chi connectivity index (χ3v) is 6.28. The van der Waals surface area contributed by atoms with Crippen LogP contribution in [0.5, 0.6) is 0 Å². The topological polar surface area (TPSA) is 44.5 Å². The van der Waals surface area contributed by atoms with Crippen molar-refractivity contribution in [2.24, 2.45) is 3.95 Å². The molecule has 0 aliphatic carbocycles. The van der Waals surface area contributed by atoms with Gasteiger partial charge in [0.05, 0.1) is 0 Å². The number of rotatable bonds is 0. The van der Waals surface area contributed by atoms with Crippen molar-refractivity contribution in [3.8, 4) is 0 Å². The monoisotopic (exact) mass is 285 g/mol. The second-order valence-electron chi connectivity index (χ2n) is 3.53. The summed E-state index contributed by atoms with van der Waals surface area (Å²) in [5.74, 6) is -0.216. The summed E-state index contributed by atoms with van der Waals surface area (Å²) in [5, 5.41) is 0. The Morgan fingerprint density at radius 2 is 2.08 bits per heavy atom. The third kappa shape index (κ3) is 1.76. The standard InChI is InChI=1S/C8H16INO2/c1-7-6-11-8(12-7)2-4-9(10)5-3-8/h7H,2-6,10H2,1H3. The van der Waals surface area contributed by atoms with Crippen molar-refractivity contribution in [3.05, 3.63) is 0 Å². The first-order valence-electron chi connectivity index (χ1n) is 4.38. The molecular weight excluding hydrogens is 269 g/mol. The molecule has 4 heteroatoms. The Morgan fingerprint density at radius 1 is 1.42 bits per heavy atom. The molecule has 0 aromatic heterocycles. The number of alkyl halides is 2. The van der Waals surface area contributed by atoms with E-state index in [1.807, 2.05) is 0 Å². The molecule has 2 rings (SSSR count). The van der Waals surface area contributed by atoms with Crippen molar-refractivity contribution in [3.63, 3.8) is 0 Å². The van der Waals surface area contributed by atoms with Gasteiger partial charge in [0, 0.05) is 0 Å². The molecule has 1 unspecified atom stereocenters. The molecule has 0 aromatic carbocycles. The van der Waals surface area contributed by atoms with Crippen LogP contribution >= 0.6 is 20.1 Å². The SMILES string of the molecule is CC1COC2(CCI(N)CC2)O1. The molecule has 2 aliphatic heterocycles. The average Bonchev–Trinajstić information content (AvgIpc) is 2.40. The van der Waals surface area contributed by atoms with Crippen molar-refractivity contribution in [1.82, 2.24) is 0 Å². The first kappa shape index (κ1) is 9.18. The summed E-state index contributed by atoms with van der Waals surface area (Å²) in [6, 6.07) is 0. The first-order valence-corrected chi connectivity index (χ1v) is 8.67. The van der Waals surface area contributed by atoms with Gasteiger partial charge in [0.1, 0.15) is 0 Å². The van der Waals surface area contributed by atoms with Crippen LogP contribution in [0, 0.1) is 0 Å². The fraction of sp³-hybridized carbons (Fsp3) is 1.00. The average molecular weight is 285 g/mol. The van der Waals surface area contributed by atoms with Gasteiger partial charge in [0.15, 0.2) is 0 Å². The van der Waals surface area contributed by atoms with Crippen LogP contribution in [0.2, 0.25) is 0 Å². The van der Waals surface area contributed by atoms with Crippen LogP contribution in [-0.4, -0.2) is 27.4 Å². The molecule has 1 spiro atoms. The number of ether oxygens (including phenoxy) is 2. The van der Waals surface area contributed by atoms with E-state index in [4.69, 9.17) is 13.4 Å². The molecular formula is C8H16INO2. The van der Waals surface area contributed by atoms with E-state index in [0.717, 1.165) is 19.4 Å². The Bertz CT molecular complexity index is 168. The Balaban J connectivity index is 1.95. The predicted molar refractivity (Wildman–Crippen MR) is 56.4 cm³/mol. The molecule has 12 heavy (non-hydrogen) atoms. The van der Waals surface area contributed by atoms with Crippen LogP contribution in [0.3, 0.4) is 0 Å². The molecule has 2 fully saturated rings. The first-order chi connectivity index (χ1) is 5.70. The molecule has 0 saturated carbocycles. The van der Waals surface area contributed by atoms with Gasteiger partial charge in [0.25, 0.3) is 0 Å². The fourth-order valence-corrected chi connectivity index (χ4v) is 5.28. The molecule has 2 heterocycles. The molecule has 2 saturated heterocycles. The normalized spacial score (nSPS) is 37.5. The number of halogens is 1. The van der Waals surface area contributed by atoms with Crippen LogP contribution in [0.15, 0.2) is 0 Å². The van der Waals surface area contributed by atoms with Gasteiger partial charge in [0.2, 0.25) is 0 Å². The van der Waals surface area contributed by atoms with Crippen LogP contribution in [-0.2, 0) is 9.47 Å². The van der Waals surface area contributed by atoms with Crippen molar-refractivity contribution in [2.75, 3.05) is 15.5 Å². The Kier molecular flexibility index (Phi) is 2.60. The van der Waals surface area contributed by atoms with E-state index in [0.29, 0.717) is 0 Å². The van der Waals surface area contributed by atoms with Gasteiger partial charge in [-0.15, -0.1) is 0 Å². The summed E-state index contributed by atoms with van der Waals surface area (Å²) in [6.07, 6.45) is 2.36. The van der Waals surface area contributed by atoms with Crippen LogP contribution < -0.4 is 3.95 Å². The molecule has 3 nitrogen and oxygen atoms in total. The number of nitrogens with two attached hydrogens (primary N) is 1. The van der Waals surface area contributed by atoms with Gasteiger partial charge in [-0.1, -0.05) is 0 Å². The molecule has 2 N–H and O–H groups in total. The van der Waals surface area contributed by atoms with Crippen LogP contribution in [0.25, 0.3) is 0 Å². The fourth-order valence-electron chi connectivity index (χ4n) is 1.72. The van der Waals surface area contributed by atoms with Crippen molar-refractivity contribution in [1.29, 1.82) is 0 Å². The Hall–Kier alpha value is 0.610. The van der Waals surface area contributed by atoms with Crippen molar-refractivity contribution in [2.45, 2.75) is 31.7 Å². The summed E-state index contributed by atoms with van der Waals surface area (Å²) in [7, 11) is 0. The van der Waals surface area contributed by atoms with E-state index in [9.17, 15) is 0 Å². The Labute approximate surface area is 80.7 Å². The van der Waals surface area contributed by atoms with E-state index in [2.05, 4.69) is 6.92 Å². The zero-order chi connectivity index (χ0) is 8.60. The van der Waals surface area contributed by atoms with Crippen LogP contribution in [0.1, 0.15) is 19.8 Å². The van der Waals surface area contributed by atoms with E-state index < -0.39 is 20.1 Å². The Morgan fingerprint density at radius 3 is 2.58 bits per heavy atom. The quantitative estimate of drug-likeness (QED) is 0.414. The van der Waals surface area contributed by atoms with Gasteiger partial charge in [-0.2, -0.15) is 0 Å². The van der Waals surface area contributed by atoms with E-state index in [1.165, 1.54) is 8.86 Å². The van der Waals surface area contributed by atoms with Crippen LogP contribution in [0.4, 0.5) is 0 Å². The number of hydrogen-bond donors (Lipinski definition) is 1. The van der Waals surface area contributed by atoms with Gasteiger partial charge in [-0.3, -0.25) is 0 Å². The van der Waals surface area contributed by atoms with Gasteiger partial charge in [-0.05, 0) is 0 Å². The predicted octanol–water partition coefficient (Wildman–Crippen LogP) is 1.29. The molecule has 0 bridgehead atoms. The molecule has 1 atom stereocenters. The minimum absolute atomic E-state index is 0.216. The van der Waals surface area contributed by atoms with Gasteiger partial charge < -0.3 is 0 Å². The summed E-state index contributed by atoms with van der Waals surface area (Å²) >= 11 is -1.01. The zero-order valence-electron chi connectivity index (χ0n) is 7.38. The van der Waals surface area contributed by atoms with Gasteiger partial charge >= 0.3 is 80.6 Å². The molecule has 0 aromatic rings. The third-order valence-electron chi connectivity index (χ3n) is 2.43. The summed E-state index contributed by atoms with van der Waals surface area (Å²) in [5.41, 5.74) is 0. The van der Waals surface area contributed by atoms with E-state index in [1.54, 1.807) is 0 Å². The summed E-state index contributed by atoms with van der Waals surface area (Å²) in [4.78, 5) is 0. The molecule has 0 radical (unpaired) electrons. The molecule has 2 aliphatic rings. The maximum absolute atomic E-state index is 5.97. The van der Waals surface area contributed by atoms with E-state index >= 15 is 0 Å². The van der Waals surface area contributed by atoms with Crippen molar-refractivity contribution >= 4 is 20.1 Å². The number of hydrogen-bond acceptors (Lipinski definition) is 3. The summed E-state index contributed by atoms with van der Waals surface area (Å²) < 4.78 is 19.8. The zero-order valence-corrected chi connectivity index (χ0v) is 9.54. The van der Waals surface area contributed by atoms with Gasteiger partial charge in [-0.25, -0.2) is 0 Å². The molecule has 0 amide bonds. The second-order valence-corrected chi connectivity index (χ2v) is 8.52. The summed E-state index contributed by atoms with van der Waals surface area (Å²) in [6.45, 7) is 2.83. The van der Waals surface area contributed by atoms with E-state index in [-0.39, 0.29) is 11.9 Å². The maximum atomic E-state index is 5.97.